The molecule has 0 fully saturated rings. The second-order valence-electron chi connectivity index (χ2n) is 3.11. The summed E-state index contributed by atoms with van der Waals surface area (Å²) < 4.78 is 0.976. The molecule has 14 heavy (non-hydrogen) atoms. The summed E-state index contributed by atoms with van der Waals surface area (Å²) in [5.74, 6) is 0. The Labute approximate surface area is 96.9 Å². The van der Waals surface area contributed by atoms with E-state index in [0.717, 1.165) is 15.6 Å². The quantitative estimate of drug-likeness (QED) is 0.591. The molecule has 0 aliphatic heterocycles. The predicted octanol–water partition coefficient (Wildman–Crippen LogP) is 3.84. The van der Waals surface area contributed by atoms with Crippen molar-refractivity contribution in [3.63, 3.8) is 0 Å². The lowest BCUT2D eigenvalue weighted by molar-refractivity contribution is -0.107. The molecule has 0 heterocycles. The number of carbonyl (C=O) groups is 1. The van der Waals surface area contributed by atoms with E-state index in [1.165, 1.54) is 11.6 Å². The third-order valence-electron chi connectivity index (χ3n) is 1.86. The maximum atomic E-state index is 10.6. The lowest BCUT2D eigenvalue weighted by Crippen LogP contribution is -1.86. The van der Waals surface area contributed by atoms with Crippen molar-refractivity contribution < 1.29 is 4.79 Å². The summed E-state index contributed by atoms with van der Waals surface area (Å²) >= 11 is 8.67. The average Bonchev–Trinajstić information content (AvgIpc) is 2.01. The summed E-state index contributed by atoms with van der Waals surface area (Å²) in [6.07, 6.45) is 3.07. The number of carbonyl (C=O) groups excluding carboxylic acids is 1. The Morgan fingerprint density at radius 3 is 2.57 bits per heavy atom. The molecule has 0 bridgehead atoms. The molecule has 0 saturated heterocycles. The Hall–Kier alpha value is -0.600. The SMILES string of the molecule is Cc1cc(C)c(/C=C/C(=O)Cl)c(Br)c1. The van der Waals surface area contributed by atoms with Gasteiger partial charge in [0.25, 0.3) is 0 Å². The van der Waals surface area contributed by atoms with E-state index in [1.807, 2.05) is 19.9 Å². The number of rotatable bonds is 2. The third kappa shape index (κ3) is 2.96. The van der Waals surface area contributed by atoms with Crippen LogP contribution < -0.4 is 0 Å². The largest absolute Gasteiger partial charge is 0.276 e. The van der Waals surface area contributed by atoms with E-state index in [2.05, 4.69) is 22.0 Å². The van der Waals surface area contributed by atoms with Crippen LogP contribution in [-0.2, 0) is 4.79 Å². The van der Waals surface area contributed by atoms with E-state index in [1.54, 1.807) is 6.08 Å². The molecule has 0 saturated carbocycles. The van der Waals surface area contributed by atoms with Crippen LogP contribution in [0.4, 0.5) is 0 Å². The fraction of sp³-hybridized carbons (Fsp3) is 0.182. The minimum absolute atomic E-state index is 0.461. The molecule has 0 amide bonds. The molecular formula is C11H10BrClO. The van der Waals surface area contributed by atoms with Gasteiger partial charge in [-0.15, -0.1) is 0 Å². The molecular weight excluding hydrogens is 263 g/mol. The molecule has 0 radical (unpaired) electrons. The van der Waals surface area contributed by atoms with Gasteiger partial charge >= 0.3 is 0 Å². The highest BCUT2D eigenvalue weighted by Crippen LogP contribution is 2.23. The monoisotopic (exact) mass is 272 g/mol. The highest BCUT2D eigenvalue weighted by atomic mass is 79.9. The molecule has 0 N–H and O–H groups in total. The highest BCUT2D eigenvalue weighted by molar-refractivity contribution is 9.10. The molecule has 1 nitrogen and oxygen atoms in total. The molecule has 0 atom stereocenters. The van der Waals surface area contributed by atoms with Crippen LogP contribution in [0, 0.1) is 13.8 Å². The number of hydrogen-bond donors (Lipinski definition) is 0. The van der Waals surface area contributed by atoms with Gasteiger partial charge in [0.1, 0.15) is 0 Å². The summed E-state index contributed by atoms with van der Waals surface area (Å²) in [7, 11) is 0. The smallest absolute Gasteiger partial charge is 0.245 e. The first-order valence-corrected chi connectivity index (χ1v) is 5.32. The zero-order valence-electron chi connectivity index (χ0n) is 7.97. The fourth-order valence-electron chi connectivity index (χ4n) is 1.29. The summed E-state index contributed by atoms with van der Waals surface area (Å²) in [4.78, 5) is 10.6. The number of halogens is 2. The van der Waals surface area contributed by atoms with Gasteiger partial charge in [-0.25, -0.2) is 0 Å². The van der Waals surface area contributed by atoms with Crippen LogP contribution in [0.5, 0.6) is 0 Å². The van der Waals surface area contributed by atoms with Gasteiger partial charge in [0, 0.05) is 4.47 Å². The molecule has 1 aromatic carbocycles. The summed E-state index contributed by atoms with van der Waals surface area (Å²) in [6.45, 7) is 4.02. The fourth-order valence-corrected chi connectivity index (χ4v) is 2.16. The Morgan fingerprint density at radius 1 is 1.43 bits per heavy atom. The van der Waals surface area contributed by atoms with Crippen molar-refractivity contribution in [2.45, 2.75) is 13.8 Å². The van der Waals surface area contributed by atoms with Crippen molar-refractivity contribution in [2.24, 2.45) is 0 Å². The first-order chi connectivity index (χ1) is 6.50. The standard InChI is InChI=1S/C11H10BrClO/c1-7-5-8(2)9(10(12)6-7)3-4-11(13)14/h3-6H,1-2H3/b4-3+. The second kappa shape index (κ2) is 4.76. The number of hydrogen-bond acceptors (Lipinski definition) is 1. The predicted molar refractivity (Wildman–Crippen MR) is 63.5 cm³/mol. The minimum atomic E-state index is -0.461. The summed E-state index contributed by atoms with van der Waals surface area (Å²) in [5.41, 5.74) is 3.29. The van der Waals surface area contributed by atoms with Gasteiger partial charge in [0.15, 0.2) is 0 Å². The average molecular weight is 274 g/mol. The topological polar surface area (TPSA) is 17.1 Å². The molecule has 0 aliphatic rings. The first-order valence-electron chi connectivity index (χ1n) is 4.15. The van der Waals surface area contributed by atoms with Crippen LogP contribution in [0.3, 0.4) is 0 Å². The van der Waals surface area contributed by atoms with Gasteiger partial charge in [-0.05, 0) is 60.4 Å². The van der Waals surface area contributed by atoms with Gasteiger partial charge in [-0.3, -0.25) is 4.79 Å². The van der Waals surface area contributed by atoms with Gasteiger partial charge < -0.3 is 0 Å². The Balaban J connectivity index is 3.15. The van der Waals surface area contributed by atoms with Crippen LogP contribution in [0.25, 0.3) is 6.08 Å². The maximum absolute atomic E-state index is 10.6. The number of allylic oxidation sites excluding steroid dienone is 1. The zero-order valence-corrected chi connectivity index (χ0v) is 10.3. The molecule has 1 aromatic rings. The number of benzene rings is 1. The molecule has 0 unspecified atom stereocenters. The lowest BCUT2D eigenvalue weighted by atomic mass is 10.1. The summed E-state index contributed by atoms with van der Waals surface area (Å²) in [6, 6.07) is 4.06. The van der Waals surface area contributed by atoms with E-state index in [4.69, 9.17) is 11.6 Å². The Bertz CT molecular complexity index is 373. The Kier molecular flexibility index (Phi) is 3.90. The van der Waals surface area contributed by atoms with Crippen molar-refractivity contribution >= 4 is 38.8 Å². The molecule has 0 aliphatic carbocycles. The normalized spacial score (nSPS) is 10.9. The molecule has 74 valence electrons. The minimum Gasteiger partial charge on any atom is -0.276 e. The third-order valence-corrected chi connectivity index (χ3v) is 2.64. The van der Waals surface area contributed by atoms with Crippen LogP contribution in [0.2, 0.25) is 0 Å². The molecule has 3 heteroatoms. The van der Waals surface area contributed by atoms with Crippen LogP contribution in [0.1, 0.15) is 16.7 Å². The van der Waals surface area contributed by atoms with Crippen molar-refractivity contribution in [3.8, 4) is 0 Å². The van der Waals surface area contributed by atoms with E-state index in [0.29, 0.717) is 0 Å². The molecule has 1 rings (SSSR count). The highest BCUT2D eigenvalue weighted by Gasteiger charge is 2.01. The van der Waals surface area contributed by atoms with E-state index >= 15 is 0 Å². The number of aryl methyl sites for hydroxylation is 2. The van der Waals surface area contributed by atoms with Crippen molar-refractivity contribution in [3.05, 3.63) is 39.4 Å². The summed E-state index contributed by atoms with van der Waals surface area (Å²) in [5, 5.41) is -0.461. The second-order valence-corrected chi connectivity index (χ2v) is 4.34. The zero-order chi connectivity index (χ0) is 10.7. The van der Waals surface area contributed by atoms with Gasteiger partial charge in [-0.1, -0.05) is 22.0 Å². The van der Waals surface area contributed by atoms with Crippen molar-refractivity contribution in [1.29, 1.82) is 0 Å². The van der Waals surface area contributed by atoms with Crippen molar-refractivity contribution in [2.75, 3.05) is 0 Å². The van der Waals surface area contributed by atoms with Gasteiger partial charge in [0.05, 0.1) is 0 Å². The Morgan fingerprint density at radius 2 is 2.07 bits per heavy atom. The van der Waals surface area contributed by atoms with E-state index < -0.39 is 5.24 Å². The lowest BCUT2D eigenvalue weighted by Gasteiger charge is -2.04. The maximum Gasteiger partial charge on any atom is 0.245 e. The van der Waals surface area contributed by atoms with Crippen LogP contribution in [-0.4, -0.2) is 5.24 Å². The van der Waals surface area contributed by atoms with Gasteiger partial charge in [0.2, 0.25) is 5.24 Å². The molecule has 0 aromatic heterocycles. The van der Waals surface area contributed by atoms with E-state index in [9.17, 15) is 4.79 Å². The first kappa shape index (κ1) is 11.5. The van der Waals surface area contributed by atoms with Crippen LogP contribution >= 0.6 is 27.5 Å². The van der Waals surface area contributed by atoms with Crippen LogP contribution in [0.15, 0.2) is 22.7 Å². The van der Waals surface area contributed by atoms with E-state index in [-0.39, 0.29) is 0 Å². The van der Waals surface area contributed by atoms with Crippen molar-refractivity contribution in [1.82, 2.24) is 0 Å². The molecule has 0 spiro atoms. The van der Waals surface area contributed by atoms with Gasteiger partial charge in [-0.2, -0.15) is 0 Å².